The van der Waals surface area contributed by atoms with E-state index in [-0.39, 0.29) is 0 Å². The molecule has 106 valence electrons. The predicted octanol–water partition coefficient (Wildman–Crippen LogP) is 2.07. The van der Waals surface area contributed by atoms with Crippen LogP contribution >= 0.6 is 0 Å². The number of hydrogen-bond donors (Lipinski definition) is 1. The molecule has 1 atom stereocenters. The Balaban J connectivity index is 1.94. The van der Waals surface area contributed by atoms with Crippen molar-refractivity contribution in [3.8, 4) is 11.4 Å². The summed E-state index contributed by atoms with van der Waals surface area (Å²) >= 11 is 0. The fourth-order valence-electron chi connectivity index (χ4n) is 2.81. The highest BCUT2D eigenvalue weighted by molar-refractivity contribution is 5.57. The molecule has 2 aromatic rings. The molecule has 5 nitrogen and oxygen atoms in total. The molecule has 1 fully saturated rings. The van der Waals surface area contributed by atoms with Gasteiger partial charge in [0.25, 0.3) is 0 Å². The molecule has 1 aliphatic heterocycles. The molecule has 1 saturated heterocycles. The second kappa shape index (κ2) is 5.71. The molecular weight excluding hydrogens is 250 g/mol. The zero-order valence-electron chi connectivity index (χ0n) is 12.1. The lowest BCUT2D eigenvalue weighted by molar-refractivity contribution is 0.535. The average molecular weight is 271 g/mol. The number of rotatable bonds is 4. The molecule has 3 heterocycles. The van der Waals surface area contributed by atoms with Gasteiger partial charge in [-0.25, -0.2) is 0 Å². The van der Waals surface area contributed by atoms with E-state index >= 15 is 0 Å². The van der Waals surface area contributed by atoms with Gasteiger partial charge in [0.15, 0.2) is 0 Å². The molecule has 2 aromatic heterocycles. The van der Waals surface area contributed by atoms with Gasteiger partial charge in [-0.05, 0) is 51.8 Å². The van der Waals surface area contributed by atoms with E-state index in [1.807, 2.05) is 16.9 Å². The van der Waals surface area contributed by atoms with E-state index in [9.17, 15) is 0 Å². The lowest BCUT2D eigenvalue weighted by atomic mass is 10.0. The third kappa shape index (κ3) is 2.58. The predicted molar refractivity (Wildman–Crippen MR) is 78.3 cm³/mol. The summed E-state index contributed by atoms with van der Waals surface area (Å²) in [5.41, 5.74) is 3.13. The van der Waals surface area contributed by atoms with Crippen molar-refractivity contribution in [1.82, 2.24) is 25.1 Å². The summed E-state index contributed by atoms with van der Waals surface area (Å²) in [4.78, 5) is 9.13. The molecule has 0 unspecified atom stereocenters. The average Bonchev–Trinajstić information content (AvgIpc) is 3.09. The van der Waals surface area contributed by atoms with Gasteiger partial charge in [0.1, 0.15) is 5.69 Å². The van der Waals surface area contributed by atoms with Crippen LogP contribution in [0, 0.1) is 5.92 Å². The van der Waals surface area contributed by atoms with Crippen molar-refractivity contribution in [2.24, 2.45) is 5.92 Å². The molecule has 3 rings (SSSR count). The first kappa shape index (κ1) is 13.2. The van der Waals surface area contributed by atoms with Crippen LogP contribution in [-0.2, 0) is 6.42 Å². The van der Waals surface area contributed by atoms with Crippen molar-refractivity contribution in [2.75, 3.05) is 13.1 Å². The summed E-state index contributed by atoms with van der Waals surface area (Å²) in [5, 5.41) is 7.81. The van der Waals surface area contributed by atoms with Gasteiger partial charge in [0.2, 0.25) is 0 Å². The number of hydrogen-bond acceptors (Lipinski definition) is 4. The van der Waals surface area contributed by atoms with Gasteiger partial charge in [-0.2, -0.15) is 5.10 Å². The van der Waals surface area contributed by atoms with Gasteiger partial charge < -0.3 is 5.32 Å². The van der Waals surface area contributed by atoms with Crippen molar-refractivity contribution >= 4 is 0 Å². The molecular formula is C15H21N5. The van der Waals surface area contributed by atoms with Crippen molar-refractivity contribution in [3.63, 3.8) is 0 Å². The number of nitrogens with one attached hydrogen (secondary N) is 1. The molecule has 0 amide bonds. The van der Waals surface area contributed by atoms with Crippen molar-refractivity contribution in [2.45, 2.75) is 32.7 Å². The van der Waals surface area contributed by atoms with Crippen LogP contribution in [0.2, 0.25) is 0 Å². The molecule has 0 radical (unpaired) electrons. The van der Waals surface area contributed by atoms with E-state index < -0.39 is 0 Å². The second-order valence-corrected chi connectivity index (χ2v) is 5.67. The SMILES string of the molecule is CC(C)n1nccc1-c1nccnc1C[C@@H]1CCNC1. The summed E-state index contributed by atoms with van der Waals surface area (Å²) in [6.07, 6.45) is 7.60. The van der Waals surface area contributed by atoms with Crippen molar-refractivity contribution in [3.05, 3.63) is 30.4 Å². The third-order valence-electron chi connectivity index (χ3n) is 3.82. The maximum Gasteiger partial charge on any atom is 0.110 e. The van der Waals surface area contributed by atoms with Crippen LogP contribution in [0.4, 0.5) is 0 Å². The van der Waals surface area contributed by atoms with Gasteiger partial charge in [-0.15, -0.1) is 0 Å². The lowest BCUT2D eigenvalue weighted by Gasteiger charge is -2.14. The van der Waals surface area contributed by atoms with Gasteiger partial charge in [0, 0.05) is 24.6 Å². The van der Waals surface area contributed by atoms with E-state index in [1.54, 1.807) is 12.4 Å². The van der Waals surface area contributed by atoms with E-state index in [2.05, 4.69) is 34.2 Å². The van der Waals surface area contributed by atoms with Crippen LogP contribution in [-0.4, -0.2) is 32.8 Å². The molecule has 0 aromatic carbocycles. The number of nitrogens with zero attached hydrogens (tertiary/aromatic N) is 4. The van der Waals surface area contributed by atoms with Crippen LogP contribution in [0.15, 0.2) is 24.7 Å². The molecule has 1 N–H and O–H groups in total. The smallest absolute Gasteiger partial charge is 0.110 e. The molecule has 20 heavy (non-hydrogen) atoms. The maximum absolute atomic E-state index is 4.57. The Kier molecular flexibility index (Phi) is 3.78. The highest BCUT2D eigenvalue weighted by Crippen LogP contribution is 2.25. The first-order valence-corrected chi connectivity index (χ1v) is 7.30. The molecule has 0 spiro atoms. The topological polar surface area (TPSA) is 55.6 Å². The number of aromatic nitrogens is 4. The normalized spacial score (nSPS) is 18.9. The minimum absolute atomic E-state index is 0.322. The first-order chi connectivity index (χ1) is 9.75. The lowest BCUT2D eigenvalue weighted by Crippen LogP contribution is -2.13. The summed E-state index contributed by atoms with van der Waals surface area (Å²) in [6.45, 7) is 6.46. The van der Waals surface area contributed by atoms with E-state index in [0.717, 1.165) is 36.6 Å². The van der Waals surface area contributed by atoms with Crippen LogP contribution in [0.3, 0.4) is 0 Å². The molecule has 1 aliphatic rings. The van der Waals surface area contributed by atoms with Crippen molar-refractivity contribution < 1.29 is 0 Å². The van der Waals surface area contributed by atoms with E-state index in [4.69, 9.17) is 0 Å². The molecule has 0 aliphatic carbocycles. The van der Waals surface area contributed by atoms with Crippen LogP contribution < -0.4 is 5.32 Å². The molecule has 0 saturated carbocycles. The largest absolute Gasteiger partial charge is 0.316 e. The fraction of sp³-hybridized carbons (Fsp3) is 0.533. The van der Waals surface area contributed by atoms with Gasteiger partial charge in [0.05, 0.1) is 11.4 Å². The summed E-state index contributed by atoms with van der Waals surface area (Å²) < 4.78 is 2.01. The fourth-order valence-corrected chi connectivity index (χ4v) is 2.81. The monoisotopic (exact) mass is 271 g/mol. The molecule has 0 bridgehead atoms. The maximum atomic E-state index is 4.57. The summed E-state index contributed by atoms with van der Waals surface area (Å²) in [5.74, 6) is 0.667. The van der Waals surface area contributed by atoms with Crippen molar-refractivity contribution in [1.29, 1.82) is 0 Å². The summed E-state index contributed by atoms with van der Waals surface area (Å²) in [7, 11) is 0. The second-order valence-electron chi connectivity index (χ2n) is 5.67. The Hall–Kier alpha value is -1.75. The quantitative estimate of drug-likeness (QED) is 0.925. The standard InChI is InChI=1S/C15H21N5/c1-11(2)20-14(4-6-19-20)15-13(17-7-8-18-15)9-12-3-5-16-10-12/h4,6-8,11-12,16H,3,5,9-10H2,1-2H3/t12-/m0/s1. The summed E-state index contributed by atoms with van der Waals surface area (Å²) in [6, 6.07) is 2.35. The minimum Gasteiger partial charge on any atom is -0.316 e. The van der Waals surface area contributed by atoms with Gasteiger partial charge >= 0.3 is 0 Å². The van der Waals surface area contributed by atoms with E-state index in [0.29, 0.717) is 12.0 Å². The van der Waals surface area contributed by atoms with Crippen LogP contribution in [0.1, 0.15) is 32.0 Å². The zero-order valence-corrected chi connectivity index (χ0v) is 12.1. The first-order valence-electron chi connectivity index (χ1n) is 7.30. The highest BCUT2D eigenvalue weighted by Gasteiger charge is 2.20. The Bertz CT molecular complexity index is 569. The Morgan fingerprint density at radius 2 is 2.15 bits per heavy atom. The Morgan fingerprint density at radius 3 is 2.90 bits per heavy atom. The van der Waals surface area contributed by atoms with Gasteiger partial charge in [-0.3, -0.25) is 14.6 Å². The Labute approximate surface area is 119 Å². The van der Waals surface area contributed by atoms with Crippen LogP contribution in [0.25, 0.3) is 11.4 Å². The molecule has 5 heteroatoms. The zero-order chi connectivity index (χ0) is 13.9. The minimum atomic E-state index is 0.322. The van der Waals surface area contributed by atoms with Gasteiger partial charge in [-0.1, -0.05) is 0 Å². The third-order valence-corrected chi connectivity index (χ3v) is 3.82. The van der Waals surface area contributed by atoms with E-state index in [1.165, 1.54) is 6.42 Å². The Morgan fingerprint density at radius 1 is 1.30 bits per heavy atom. The van der Waals surface area contributed by atoms with Crippen LogP contribution in [0.5, 0.6) is 0 Å². The highest BCUT2D eigenvalue weighted by atomic mass is 15.3.